The predicted molar refractivity (Wildman–Crippen MR) is 109 cm³/mol. The second kappa shape index (κ2) is 8.11. The fourth-order valence-electron chi connectivity index (χ4n) is 2.64. The number of halogens is 1. The van der Waals surface area contributed by atoms with Crippen LogP contribution in [0.1, 0.15) is 34.0 Å². The van der Waals surface area contributed by atoms with Gasteiger partial charge in [-0.1, -0.05) is 30.3 Å². The van der Waals surface area contributed by atoms with Crippen molar-refractivity contribution >= 4 is 33.6 Å². The Labute approximate surface area is 161 Å². The first kappa shape index (κ1) is 18.1. The van der Waals surface area contributed by atoms with Gasteiger partial charge < -0.3 is 5.11 Å². The minimum absolute atomic E-state index is 0.0238. The Balaban J connectivity index is 1.85. The highest BCUT2D eigenvalue weighted by Crippen LogP contribution is 2.30. The number of carbonyl (C=O) groups is 1. The summed E-state index contributed by atoms with van der Waals surface area (Å²) in [4.78, 5) is 15.7. The van der Waals surface area contributed by atoms with Gasteiger partial charge in [-0.2, -0.15) is 0 Å². The maximum Gasteiger partial charge on any atom is 0.159 e. The fourth-order valence-corrected chi connectivity index (χ4v) is 3.16. The molecule has 0 spiro atoms. The van der Waals surface area contributed by atoms with Gasteiger partial charge >= 0.3 is 0 Å². The van der Waals surface area contributed by atoms with Crippen molar-refractivity contribution in [2.24, 2.45) is 4.99 Å². The Hall–Kier alpha value is -2.72. The molecule has 4 heteroatoms. The molecule has 0 heterocycles. The molecule has 3 aromatic carbocycles. The molecule has 0 aromatic heterocycles. The zero-order valence-electron chi connectivity index (χ0n) is 14.3. The standard InChI is InChI=1S/C22H18BrNO2/c1-15(25)18-7-9-20(10-8-18)24-14-19-12-17(13-21(23)22(19)26)11-16-5-3-2-4-6-16/h2-10,12-14,26H,11H2,1H3. The minimum Gasteiger partial charge on any atom is -0.506 e. The van der Waals surface area contributed by atoms with E-state index in [4.69, 9.17) is 0 Å². The molecule has 26 heavy (non-hydrogen) atoms. The van der Waals surface area contributed by atoms with Crippen LogP contribution in [0.2, 0.25) is 0 Å². The number of benzene rings is 3. The molecule has 0 unspecified atom stereocenters. The minimum atomic E-state index is 0.0238. The van der Waals surface area contributed by atoms with Crippen molar-refractivity contribution in [3.8, 4) is 5.75 Å². The molecular formula is C22H18BrNO2. The van der Waals surface area contributed by atoms with Gasteiger partial charge in [-0.15, -0.1) is 0 Å². The predicted octanol–water partition coefficient (Wildman–Crippen LogP) is 5.70. The molecular weight excluding hydrogens is 390 g/mol. The molecule has 130 valence electrons. The van der Waals surface area contributed by atoms with Gasteiger partial charge in [0.25, 0.3) is 0 Å². The molecule has 3 rings (SSSR count). The Kier molecular flexibility index (Phi) is 5.64. The van der Waals surface area contributed by atoms with Crippen molar-refractivity contribution in [3.05, 3.63) is 93.5 Å². The van der Waals surface area contributed by atoms with Crippen LogP contribution >= 0.6 is 15.9 Å². The first-order valence-electron chi connectivity index (χ1n) is 8.23. The lowest BCUT2D eigenvalue weighted by Gasteiger charge is -2.07. The van der Waals surface area contributed by atoms with Crippen LogP contribution in [0, 0.1) is 0 Å². The van der Waals surface area contributed by atoms with E-state index in [1.165, 1.54) is 12.5 Å². The number of phenolic OH excluding ortho intramolecular Hbond substituents is 1. The summed E-state index contributed by atoms with van der Waals surface area (Å²) < 4.78 is 0.638. The summed E-state index contributed by atoms with van der Waals surface area (Å²) in [6.07, 6.45) is 2.41. The van der Waals surface area contributed by atoms with E-state index in [1.54, 1.807) is 30.5 Å². The Morgan fingerprint density at radius 2 is 1.73 bits per heavy atom. The average Bonchev–Trinajstić information content (AvgIpc) is 2.64. The van der Waals surface area contributed by atoms with Gasteiger partial charge in [-0.25, -0.2) is 0 Å². The molecule has 0 aliphatic heterocycles. The summed E-state index contributed by atoms with van der Waals surface area (Å²) in [5.41, 5.74) is 4.29. The van der Waals surface area contributed by atoms with Crippen LogP contribution in [0.4, 0.5) is 5.69 Å². The largest absolute Gasteiger partial charge is 0.506 e. The van der Waals surface area contributed by atoms with Crippen LogP contribution in [0.3, 0.4) is 0 Å². The molecule has 0 saturated heterocycles. The number of aliphatic imine (C=N–C) groups is 1. The molecule has 0 saturated carbocycles. The highest BCUT2D eigenvalue weighted by atomic mass is 79.9. The zero-order valence-corrected chi connectivity index (χ0v) is 15.9. The topological polar surface area (TPSA) is 49.7 Å². The van der Waals surface area contributed by atoms with Crippen LogP contribution < -0.4 is 0 Å². The van der Waals surface area contributed by atoms with Crippen molar-refractivity contribution in [1.29, 1.82) is 0 Å². The van der Waals surface area contributed by atoms with Gasteiger partial charge in [0.1, 0.15) is 5.75 Å². The Bertz CT molecular complexity index is 948. The smallest absolute Gasteiger partial charge is 0.159 e. The normalized spacial score (nSPS) is 11.0. The van der Waals surface area contributed by atoms with E-state index in [0.29, 0.717) is 15.6 Å². The number of nitrogens with zero attached hydrogens (tertiary/aromatic N) is 1. The fraction of sp³-hybridized carbons (Fsp3) is 0.0909. The van der Waals surface area contributed by atoms with Crippen LogP contribution in [-0.4, -0.2) is 17.1 Å². The number of rotatable bonds is 5. The first-order valence-corrected chi connectivity index (χ1v) is 9.02. The number of phenols is 1. The Morgan fingerprint density at radius 3 is 2.38 bits per heavy atom. The number of aromatic hydroxyl groups is 1. The third-order valence-corrected chi connectivity index (χ3v) is 4.63. The van der Waals surface area contributed by atoms with Gasteiger partial charge in [-0.3, -0.25) is 9.79 Å². The van der Waals surface area contributed by atoms with Gasteiger partial charge in [0.2, 0.25) is 0 Å². The van der Waals surface area contributed by atoms with Crippen LogP contribution in [0.15, 0.2) is 76.2 Å². The van der Waals surface area contributed by atoms with Crippen LogP contribution in [0.25, 0.3) is 0 Å². The highest BCUT2D eigenvalue weighted by molar-refractivity contribution is 9.10. The van der Waals surface area contributed by atoms with E-state index >= 15 is 0 Å². The molecule has 0 radical (unpaired) electrons. The SMILES string of the molecule is CC(=O)c1ccc(N=Cc2cc(Cc3ccccc3)cc(Br)c2O)cc1. The number of Topliss-reactive ketones (excluding diaryl/α,β-unsaturated/α-hetero) is 1. The van der Waals surface area contributed by atoms with Crippen molar-refractivity contribution in [3.63, 3.8) is 0 Å². The van der Waals surface area contributed by atoms with E-state index in [9.17, 15) is 9.90 Å². The number of carbonyl (C=O) groups excluding carboxylic acids is 1. The molecule has 3 aromatic rings. The average molecular weight is 408 g/mol. The van der Waals surface area contributed by atoms with E-state index in [2.05, 4.69) is 33.1 Å². The van der Waals surface area contributed by atoms with Crippen LogP contribution in [-0.2, 0) is 6.42 Å². The molecule has 0 amide bonds. The summed E-state index contributed by atoms with van der Waals surface area (Å²) in [5, 5.41) is 10.3. The molecule has 0 bridgehead atoms. The molecule has 0 atom stereocenters. The maximum atomic E-state index is 11.3. The summed E-state index contributed by atoms with van der Waals surface area (Å²) in [7, 11) is 0. The van der Waals surface area contributed by atoms with Crippen molar-refractivity contribution in [2.75, 3.05) is 0 Å². The third-order valence-electron chi connectivity index (χ3n) is 4.03. The van der Waals surface area contributed by atoms with Crippen LogP contribution in [0.5, 0.6) is 5.75 Å². The second-order valence-electron chi connectivity index (χ2n) is 6.04. The molecule has 0 aliphatic rings. The highest BCUT2D eigenvalue weighted by Gasteiger charge is 2.08. The van der Waals surface area contributed by atoms with Gasteiger partial charge in [-0.05, 0) is 76.8 Å². The summed E-state index contributed by atoms with van der Waals surface area (Å²) in [6, 6.07) is 21.1. The van der Waals surface area contributed by atoms with Crippen molar-refractivity contribution in [1.82, 2.24) is 0 Å². The van der Waals surface area contributed by atoms with Crippen molar-refractivity contribution in [2.45, 2.75) is 13.3 Å². The quantitative estimate of drug-likeness (QED) is 0.435. The van der Waals surface area contributed by atoms with Gasteiger partial charge in [0.05, 0.1) is 10.2 Å². The number of hydrogen-bond donors (Lipinski definition) is 1. The van der Waals surface area contributed by atoms with E-state index in [1.807, 2.05) is 30.3 Å². The second-order valence-corrected chi connectivity index (χ2v) is 6.89. The third kappa shape index (κ3) is 4.46. The lowest BCUT2D eigenvalue weighted by atomic mass is 10.0. The van der Waals surface area contributed by atoms with E-state index in [-0.39, 0.29) is 11.5 Å². The summed E-state index contributed by atoms with van der Waals surface area (Å²) in [5.74, 6) is 0.182. The number of ketones is 1. The number of hydrogen-bond acceptors (Lipinski definition) is 3. The van der Waals surface area contributed by atoms with Crippen molar-refractivity contribution < 1.29 is 9.90 Å². The Morgan fingerprint density at radius 1 is 1.04 bits per heavy atom. The molecule has 1 N–H and O–H groups in total. The zero-order chi connectivity index (χ0) is 18.5. The van der Waals surface area contributed by atoms with Gasteiger partial charge in [0, 0.05) is 17.3 Å². The molecule has 3 nitrogen and oxygen atoms in total. The summed E-state index contributed by atoms with van der Waals surface area (Å²) >= 11 is 3.41. The first-order chi connectivity index (χ1) is 12.5. The van der Waals surface area contributed by atoms with Gasteiger partial charge in [0.15, 0.2) is 5.78 Å². The maximum absolute atomic E-state index is 11.3. The molecule has 0 aliphatic carbocycles. The lowest BCUT2D eigenvalue weighted by molar-refractivity contribution is 0.101. The monoisotopic (exact) mass is 407 g/mol. The summed E-state index contributed by atoms with van der Waals surface area (Å²) in [6.45, 7) is 1.53. The molecule has 0 fully saturated rings. The van der Waals surface area contributed by atoms with E-state index in [0.717, 1.165) is 17.7 Å². The van der Waals surface area contributed by atoms with E-state index < -0.39 is 0 Å². The lowest BCUT2D eigenvalue weighted by Crippen LogP contribution is -1.92.